The molecule has 3 nitrogen and oxygen atoms in total. The van der Waals surface area contributed by atoms with Crippen molar-refractivity contribution < 1.29 is 9.57 Å². The topological polar surface area (TPSA) is 30.5 Å². The van der Waals surface area contributed by atoms with Gasteiger partial charge in [-0.1, -0.05) is 45.9 Å². The third-order valence-corrected chi connectivity index (χ3v) is 4.39. The molecular weight excluding hydrogens is 338 g/mol. The minimum absolute atomic E-state index is 0.715. The Morgan fingerprint density at radius 2 is 2.30 bits per heavy atom. The van der Waals surface area contributed by atoms with Crippen LogP contribution < -0.4 is 10.2 Å². The summed E-state index contributed by atoms with van der Waals surface area (Å²) in [7, 11) is 0. The number of allylic oxidation sites excluding steroid dienone is 2. The summed E-state index contributed by atoms with van der Waals surface area (Å²) in [6.45, 7) is 0.715. The molecule has 0 spiro atoms. The Labute approximate surface area is 130 Å². The molecule has 2 aliphatic heterocycles. The lowest BCUT2D eigenvalue weighted by atomic mass is 10.1. The molecule has 0 atom stereocenters. The number of benzene rings is 1. The highest BCUT2D eigenvalue weighted by molar-refractivity contribution is 9.09. The van der Waals surface area contributed by atoms with E-state index in [0.29, 0.717) is 6.61 Å². The fraction of sp³-hybridized carbons (Fsp3) is 0.200. The second kappa shape index (κ2) is 6.41. The first-order chi connectivity index (χ1) is 9.88. The van der Waals surface area contributed by atoms with Gasteiger partial charge in [-0.3, -0.25) is 0 Å². The molecule has 0 radical (unpaired) electrons. The second-order valence-corrected chi connectivity index (χ2v) is 6.01. The van der Waals surface area contributed by atoms with Gasteiger partial charge in [-0.2, -0.15) is 0 Å². The molecular formula is C15H14BrNO2S. The van der Waals surface area contributed by atoms with Crippen LogP contribution in [-0.4, -0.2) is 11.9 Å². The molecule has 2 heterocycles. The van der Waals surface area contributed by atoms with Crippen LogP contribution in [0.1, 0.15) is 12.0 Å². The molecule has 20 heavy (non-hydrogen) atoms. The fourth-order valence-electron chi connectivity index (χ4n) is 1.96. The molecule has 0 aromatic heterocycles. The SMILES string of the molecule is BrCCCOc1cccc(C2=C3SC=CC=C3ON2)c1. The van der Waals surface area contributed by atoms with Gasteiger partial charge < -0.3 is 9.57 Å². The van der Waals surface area contributed by atoms with Crippen molar-refractivity contribution in [3.63, 3.8) is 0 Å². The number of hydrogen-bond donors (Lipinski definition) is 1. The predicted octanol–water partition coefficient (Wildman–Crippen LogP) is 4.20. The first kappa shape index (κ1) is 13.6. The van der Waals surface area contributed by atoms with E-state index in [9.17, 15) is 0 Å². The molecule has 1 aromatic carbocycles. The molecule has 1 N–H and O–H groups in total. The van der Waals surface area contributed by atoms with Crippen LogP contribution in [-0.2, 0) is 4.84 Å². The first-order valence-corrected chi connectivity index (χ1v) is 8.39. The van der Waals surface area contributed by atoms with E-state index in [1.807, 2.05) is 35.8 Å². The van der Waals surface area contributed by atoms with Gasteiger partial charge in [0.25, 0.3) is 0 Å². The Bertz CT molecular complexity index is 595. The maximum Gasteiger partial charge on any atom is 0.171 e. The molecule has 0 bridgehead atoms. The number of ether oxygens (including phenoxy) is 1. The number of thioether (sulfide) groups is 1. The van der Waals surface area contributed by atoms with Gasteiger partial charge in [-0.15, -0.1) is 0 Å². The third-order valence-electron chi connectivity index (χ3n) is 2.90. The highest BCUT2D eigenvalue weighted by Crippen LogP contribution is 2.39. The summed E-state index contributed by atoms with van der Waals surface area (Å²) in [4.78, 5) is 6.60. The Balaban J connectivity index is 1.82. The first-order valence-electron chi connectivity index (χ1n) is 6.38. The third kappa shape index (κ3) is 2.88. The van der Waals surface area contributed by atoms with E-state index in [4.69, 9.17) is 9.57 Å². The summed E-state index contributed by atoms with van der Waals surface area (Å²) in [5.41, 5.74) is 5.07. The van der Waals surface area contributed by atoms with Crippen molar-refractivity contribution in [2.45, 2.75) is 6.42 Å². The lowest BCUT2D eigenvalue weighted by Gasteiger charge is -2.08. The van der Waals surface area contributed by atoms with Crippen molar-refractivity contribution in [1.29, 1.82) is 0 Å². The molecule has 0 fully saturated rings. The average molecular weight is 352 g/mol. The quantitative estimate of drug-likeness (QED) is 0.636. The van der Waals surface area contributed by atoms with E-state index in [2.05, 4.69) is 27.5 Å². The van der Waals surface area contributed by atoms with Crippen molar-refractivity contribution in [1.82, 2.24) is 5.48 Å². The Morgan fingerprint density at radius 3 is 3.20 bits per heavy atom. The molecule has 0 saturated carbocycles. The molecule has 0 saturated heterocycles. The normalized spacial score (nSPS) is 16.4. The maximum atomic E-state index is 5.73. The molecule has 104 valence electrons. The number of rotatable bonds is 5. The van der Waals surface area contributed by atoms with Crippen LogP contribution in [0, 0.1) is 0 Å². The van der Waals surface area contributed by atoms with Gasteiger partial charge in [-0.25, -0.2) is 5.48 Å². The molecule has 0 aliphatic carbocycles. The van der Waals surface area contributed by atoms with E-state index in [0.717, 1.165) is 39.4 Å². The van der Waals surface area contributed by atoms with E-state index < -0.39 is 0 Å². The Morgan fingerprint density at radius 1 is 1.35 bits per heavy atom. The van der Waals surface area contributed by atoms with Crippen LogP contribution in [0.15, 0.2) is 52.5 Å². The molecule has 5 heteroatoms. The zero-order valence-electron chi connectivity index (χ0n) is 10.8. The van der Waals surface area contributed by atoms with Crippen molar-refractivity contribution in [2.24, 2.45) is 0 Å². The lowest BCUT2D eigenvalue weighted by Crippen LogP contribution is -2.05. The zero-order valence-corrected chi connectivity index (χ0v) is 13.2. The van der Waals surface area contributed by atoms with Crippen molar-refractivity contribution >= 4 is 33.4 Å². The van der Waals surface area contributed by atoms with Gasteiger partial charge in [0, 0.05) is 10.9 Å². The summed E-state index contributed by atoms with van der Waals surface area (Å²) in [6, 6.07) is 8.06. The molecule has 3 rings (SSSR count). The van der Waals surface area contributed by atoms with E-state index in [-0.39, 0.29) is 0 Å². The van der Waals surface area contributed by atoms with E-state index >= 15 is 0 Å². The lowest BCUT2D eigenvalue weighted by molar-refractivity contribution is 0.177. The standard InChI is InChI=1S/C15H14BrNO2S/c16-7-3-8-18-12-5-1-4-11(10-12)14-15-13(19-17-14)6-2-9-20-15/h1-2,4-6,9-10,17H,3,7-8H2. The van der Waals surface area contributed by atoms with Crippen molar-refractivity contribution in [3.8, 4) is 5.75 Å². The second-order valence-electron chi connectivity index (χ2n) is 4.30. The summed E-state index contributed by atoms with van der Waals surface area (Å²) in [6.07, 6.45) is 4.93. The molecule has 1 aromatic rings. The minimum atomic E-state index is 0.715. The Hall–Kier alpha value is -1.33. The summed E-state index contributed by atoms with van der Waals surface area (Å²) in [5.74, 6) is 1.75. The number of halogens is 1. The maximum absolute atomic E-state index is 5.73. The Kier molecular flexibility index (Phi) is 4.38. The van der Waals surface area contributed by atoms with Gasteiger partial charge in [0.2, 0.25) is 0 Å². The largest absolute Gasteiger partial charge is 0.494 e. The van der Waals surface area contributed by atoms with Crippen LogP contribution in [0.3, 0.4) is 0 Å². The summed E-state index contributed by atoms with van der Waals surface area (Å²) in [5, 5.41) is 3.00. The van der Waals surface area contributed by atoms with Gasteiger partial charge in [0.05, 0.1) is 17.2 Å². The monoisotopic (exact) mass is 351 g/mol. The molecule has 0 unspecified atom stereocenters. The van der Waals surface area contributed by atoms with Gasteiger partial charge in [0.15, 0.2) is 5.76 Å². The predicted molar refractivity (Wildman–Crippen MR) is 86.3 cm³/mol. The number of nitrogens with one attached hydrogen (secondary N) is 1. The highest BCUT2D eigenvalue weighted by Gasteiger charge is 2.24. The number of hydroxylamine groups is 1. The number of fused-ring (bicyclic) bond motifs is 1. The zero-order chi connectivity index (χ0) is 13.8. The number of alkyl halides is 1. The summed E-state index contributed by atoms with van der Waals surface area (Å²) < 4.78 is 5.73. The van der Waals surface area contributed by atoms with E-state index in [1.54, 1.807) is 11.8 Å². The van der Waals surface area contributed by atoms with Crippen LogP contribution in [0.2, 0.25) is 0 Å². The minimum Gasteiger partial charge on any atom is -0.494 e. The van der Waals surface area contributed by atoms with Gasteiger partial charge >= 0.3 is 0 Å². The van der Waals surface area contributed by atoms with Crippen LogP contribution in [0.4, 0.5) is 0 Å². The highest BCUT2D eigenvalue weighted by atomic mass is 79.9. The van der Waals surface area contributed by atoms with Crippen molar-refractivity contribution in [2.75, 3.05) is 11.9 Å². The van der Waals surface area contributed by atoms with Crippen molar-refractivity contribution in [3.05, 3.63) is 58.1 Å². The van der Waals surface area contributed by atoms with Gasteiger partial charge in [-0.05, 0) is 30.0 Å². The van der Waals surface area contributed by atoms with E-state index in [1.165, 1.54) is 0 Å². The van der Waals surface area contributed by atoms with Crippen LogP contribution in [0.25, 0.3) is 5.70 Å². The fourth-order valence-corrected chi connectivity index (χ4v) is 2.98. The summed E-state index contributed by atoms with van der Waals surface area (Å²) >= 11 is 5.06. The molecule has 0 amide bonds. The van der Waals surface area contributed by atoms with Crippen LogP contribution in [0.5, 0.6) is 5.75 Å². The number of hydrogen-bond acceptors (Lipinski definition) is 4. The average Bonchev–Trinajstić information content (AvgIpc) is 2.92. The van der Waals surface area contributed by atoms with Crippen LogP contribution >= 0.6 is 27.7 Å². The smallest absolute Gasteiger partial charge is 0.171 e. The molecule has 2 aliphatic rings. The van der Waals surface area contributed by atoms with Gasteiger partial charge in [0.1, 0.15) is 5.75 Å².